The van der Waals surface area contributed by atoms with Crippen molar-refractivity contribution in [2.24, 2.45) is 0 Å². The van der Waals surface area contributed by atoms with Gasteiger partial charge in [0.25, 0.3) is 5.91 Å². The van der Waals surface area contributed by atoms with Crippen LogP contribution in [0.4, 0.5) is 0 Å². The summed E-state index contributed by atoms with van der Waals surface area (Å²) in [7, 11) is 2.98. The summed E-state index contributed by atoms with van der Waals surface area (Å²) in [6.07, 6.45) is 0. The average Bonchev–Trinajstić information content (AvgIpc) is 3.00. The molecule has 0 atom stereocenters. The first-order valence-corrected chi connectivity index (χ1v) is 6.80. The standard InChI is InChI=1S/C15H19N3O4/c1-8-6-11(17-22-8)7-18(4)14(19)13-9(2)12(10(3)16-13)15(20)21-5/h6,16H,7H2,1-5H3. The number of carbonyl (C=O) groups is 2. The fraction of sp³-hybridized carbons (Fsp3) is 0.400. The third-order valence-corrected chi connectivity index (χ3v) is 3.46. The molecule has 2 rings (SSSR count). The van der Waals surface area contributed by atoms with Gasteiger partial charge in [0.05, 0.1) is 19.2 Å². The number of ether oxygens (including phenoxy) is 1. The molecule has 0 aromatic carbocycles. The number of nitrogens with one attached hydrogen (secondary N) is 1. The summed E-state index contributed by atoms with van der Waals surface area (Å²) in [5.41, 5.74) is 2.63. The van der Waals surface area contributed by atoms with Gasteiger partial charge in [-0.3, -0.25) is 4.79 Å². The van der Waals surface area contributed by atoms with Gasteiger partial charge in [0.15, 0.2) is 0 Å². The number of aryl methyl sites for hydroxylation is 2. The first-order chi connectivity index (χ1) is 10.3. The molecule has 7 nitrogen and oxygen atoms in total. The molecule has 1 amide bonds. The highest BCUT2D eigenvalue weighted by Crippen LogP contribution is 2.20. The molecule has 2 aromatic heterocycles. The lowest BCUT2D eigenvalue weighted by atomic mass is 10.1. The van der Waals surface area contributed by atoms with Crippen molar-refractivity contribution in [3.05, 3.63) is 40.0 Å². The van der Waals surface area contributed by atoms with Gasteiger partial charge in [0.2, 0.25) is 0 Å². The summed E-state index contributed by atoms with van der Waals surface area (Å²) in [5, 5.41) is 3.87. The Morgan fingerprint density at radius 1 is 1.36 bits per heavy atom. The van der Waals surface area contributed by atoms with Crippen LogP contribution in [-0.4, -0.2) is 41.1 Å². The van der Waals surface area contributed by atoms with E-state index in [0.29, 0.717) is 40.5 Å². The van der Waals surface area contributed by atoms with Crippen LogP contribution in [0.3, 0.4) is 0 Å². The largest absolute Gasteiger partial charge is 0.465 e. The van der Waals surface area contributed by atoms with E-state index in [1.165, 1.54) is 12.0 Å². The van der Waals surface area contributed by atoms with Gasteiger partial charge in [-0.25, -0.2) is 4.79 Å². The van der Waals surface area contributed by atoms with Gasteiger partial charge in [-0.05, 0) is 26.3 Å². The Bertz CT molecular complexity index is 714. The SMILES string of the molecule is COC(=O)c1c(C)[nH]c(C(=O)N(C)Cc2cc(C)on2)c1C. The molecule has 0 aliphatic carbocycles. The number of methoxy groups -OCH3 is 1. The maximum Gasteiger partial charge on any atom is 0.339 e. The predicted molar refractivity (Wildman–Crippen MR) is 78.6 cm³/mol. The number of aromatic amines is 1. The minimum absolute atomic E-state index is 0.226. The third kappa shape index (κ3) is 2.88. The van der Waals surface area contributed by atoms with Crippen molar-refractivity contribution in [3.63, 3.8) is 0 Å². The number of amides is 1. The van der Waals surface area contributed by atoms with Crippen molar-refractivity contribution >= 4 is 11.9 Å². The number of H-pyrrole nitrogens is 1. The van der Waals surface area contributed by atoms with Crippen molar-refractivity contribution in [2.45, 2.75) is 27.3 Å². The molecule has 2 heterocycles. The van der Waals surface area contributed by atoms with Crippen LogP contribution in [0, 0.1) is 20.8 Å². The zero-order valence-corrected chi connectivity index (χ0v) is 13.3. The summed E-state index contributed by atoms with van der Waals surface area (Å²) in [6.45, 7) is 5.56. The number of hydrogen-bond acceptors (Lipinski definition) is 5. The Balaban J connectivity index is 2.24. The molecule has 0 aliphatic heterocycles. The number of rotatable bonds is 4. The maximum absolute atomic E-state index is 12.5. The molecule has 22 heavy (non-hydrogen) atoms. The second-order valence-corrected chi connectivity index (χ2v) is 5.21. The lowest BCUT2D eigenvalue weighted by Crippen LogP contribution is -2.27. The Morgan fingerprint density at radius 2 is 2.05 bits per heavy atom. The van der Waals surface area contributed by atoms with Crippen LogP contribution in [-0.2, 0) is 11.3 Å². The Hall–Kier alpha value is -2.57. The number of hydrogen-bond donors (Lipinski definition) is 1. The third-order valence-electron chi connectivity index (χ3n) is 3.46. The zero-order chi connectivity index (χ0) is 16.4. The smallest absolute Gasteiger partial charge is 0.339 e. The predicted octanol–water partition coefficient (Wildman–Crippen LogP) is 1.99. The number of nitrogens with zero attached hydrogens (tertiary/aromatic N) is 2. The van der Waals surface area contributed by atoms with E-state index in [-0.39, 0.29) is 5.91 Å². The van der Waals surface area contributed by atoms with Crippen LogP contribution in [0.15, 0.2) is 10.6 Å². The van der Waals surface area contributed by atoms with Gasteiger partial charge in [-0.15, -0.1) is 0 Å². The second kappa shape index (κ2) is 6.05. The first-order valence-electron chi connectivity index (χ1n) is 6.80. The van der Waals surface area contributed by atoms with Gasteiger partial charge in [0, 0.05) is 18.8 Å². The minimum Gasteiger partial charge on any atom is -0.465 e. The molecule has 0 saturated heterocycles. The highest BCUT2D eigenvalue weighted by molar-refractivity contribution is 6.00. The fourth-order valence-electron chi connectivity index (χ4n) is 2.37. The quantitative estimate of drug-likeness (QED) is 0.873. The van der Waals surface area contributed by atoms with Crippen molar-refractivity contribution < 1.29 is 18.8 Å². The van der Waals surface area contributed by atoms with Gasteiger partial charge >= 0.3 is 5.97 Å². The highest BCUT2D eigenvalue weighted by Gasteiger charge is 2.24. The van der Waals surface area contributed by atoms with Crippen LogP contribution < -0.4 is 0 Å². The molecule has 1 N–H and O–H groups in total. The summed E-state index contributed by atoms with van der Waals surface area (Å²) < 4.78 is 9.73. The molecular weight excluding hydrogens is 286 g/mol. The first kappa shape index (κ1) is 15.8. The Morgan fingerprint density at radius 3 is 2.59 bits per heavy atom. The minimum atomic E-state index is -0.458. The van der Waals surface area contributed by atoms with Gasteiger partial charge < -0.3 is 19.1 Å². The molecule has 0 radical (unpaired) electrons. The van der Waals surface area contributed by atoms with E-state index in [1.54, 1.807) is 33.9 Å². The lowest BCUT2D eigenvalue weighted by Gasteiger charge is -2.15. The van der Waals surface area contributed by atoms with Gasteiger partial charge in [-0.1, -0.05) is 5.16 Å². The number of carbonyl (C=O) groups excluding carboxylic acids is 2. The van der Waals surface area contributed by atoms with E-state index in [4.69, 9.17) is 9.26 Å². The van der Waals surface area contributed by atoms with E-state index in [0.717, 1.165) is 0 Å². The lowest BCUT2D eigenvalue weighted by molar-refractivity contribution is 0.0599. The van der Waals surface area contributed by atoms with E-state index >= 15 is 0 Å². The van der Waals surface area contributed by atoms with Crippen LogP contribution in [0.25, 0.3) is 0 Å². The van der Waals surface area contributed by atoms with Crippen LogP contribution in [0.2, 0.25) is 0 Å². The topological polar surface area (TPSA) is 88.4 Å². The molecule has 0 aliphatic rings. The fourth-order valence-corrected chi connectivity index (χ4v) is 2.37. The molecule has 0 spiro atoms. The molecular formula is C15H19N3O4. The van der Waals surface area contributed by atoms with E-state index in [2.05, 4.69) is 10.1 Å². The highest BCUT2D eigenvalue weighted by atomic mass is 16.5. The second-order valence-electron chi connectivity index (χ2n) is 5.21. The van der Waals surface area contributed by atoms with E-state index in [1.807, 2.05) is 0 Å². The Kier molecular flexibility index (Phi) is 4.35. The molecule has 0 unspecified atom stereocenters. The number of esters is 1. The van der Waals surface area contributed by atoms with Crippen molar-refractivity contribution in [2.75, 3.05) is 14.2 Å². The zero-order valence-electron chi connectivity index (χ0n) is 13.3. The van der Waals surface area contributed by atoms with Crippen LogP contribution >= 0.6 is 0 Å². The van der Waals surface area contributed by atoms with Crippen molar-refractivity contribution in [3.8, 4) is 0 Å². The van der Waals surface area contributed by atoms with Crippen LogP contribution in [0.1, 0.15) is 43.6 Å². The van der Waals surface area contributed by atoms with Gasteiger partial charge in [-0.2, -0.15) is 0 Å². The normalized spacial score (nSPS) is 10.6. The molecule has 118 valence electrons. The van der Waals surface area contributed by atoms with Crippen molar-refractivity contribution in [1.82, 2.24) is 15.0 Å². The van der Waals surface area contributed by atoms with E-state index in [9.17, 15) is 9.59 Å². The Labute approximate surface area is 128 Å². The van der Waals surface area contributed by atoms with E-state index < -0.39 is 5.97 Å². The summed E-state index contributed by atoms with van der Waals surface area (Å²) in [4.78, 5) is 28.8. The molecule has 7 heteroatoms. The molecule has 2 aromatic rings. The summed E-state index contributed by atoms with van der Waals surface area (Å²) in [5.74, 6) is 0.00668. The van der Waals surface area contributed by atoms with Crippen molar-refractivity contribution in [1.29, 1.82) is 0 Å². The average molecular weight is 305 g/mol. The molecule has 0 saturated carbocycles. The maximum atomic E-state index is 12.5. The molecule has 0 bridgehead atoms. The summed E-state index contributed by atoms with van der Waals surface area (Å²) >= 11 is 0. The monoisotopic (exact) mass is 305 g/mol. The summed E-state index contributed by atoms with van der Waals surface area (Å²) in [6, 6.07) is 1.77. The molecule has 0 fully saturated rings. The van der Waals surface area contributed by atoms with Crippen LogP contribution in [0.5, 0.6) is 0 Å². The number of aromatic nitrogens is 2. The van der Waals surface area contributed by atoms with Gasteiger partial charge in [0.1, 0.15) is 17.1 Å².